The van der Waals surface area contributed by atoms with Crippen molar-refractivity contribution in [3.8, 4) is 0 Å². The summed E-state index contributed by atoms with van der Waals surface area (Å²) in [5, 5.41) is 19.3. The SMILES string of the molecule is O=C(NC1CCCC(C(=O)O)C1)c1ccc(Cl)nn1. The van der Waals surface area contributed by atoms with Crippen molar-refractivity contribution in [1.29, 1.82) is 0 Å². The topological polar surface area (TPSA) is 92.2 Å². The fourth-order valence-corrected chi connectivity index (χ4v) is 2.34. The van der Waals surface area contributed by atoms with Crippen LogP contribution in [0, 0.1) is 5.92 Å². The fraction of sp³-hybridized carbons (Fsp3) is 0.500. The highest BCUT2D eigenvalue weighted by molar-refractivity contribution is 6.29. The first-order chi connectivity index (χ1) is 9.06. The van der Waals surface area contributed by atoms with Crippen molar-refractivity contribution >= 4 is 23.5 Å². The Bertz CT molecular complexity index is 478. The van der Waals surface area contributed by atoms with E-state index in [1.54, 1.807) is 0 Å². The molecule has 1 aromatic rings. The van der Waals surface area contributed by atoms with Crippen LogP contribution in [0.1, 0.15) is 36.2 Å². The van der Waals surface area contributed by atoms with Crippen LogP contribution in [0.25, 0.3) is 0 Å². The molecule has 1 heterocycles. The molecule has 0 saturated heterocycles. The number of carboxylic acids is 1. The van der Waals surface area contributed by atoms with E-state index in [1.165, 1.54) is 12.1 Å². The summed E-state index contributed by atoms with van der Waals surface area (Å²) in [5.41, 5.74) is 0.182. The molecule has 1 aliphatic rings. The summed E-state index contributed by atoms with van der Waals surface area (Å²) in [5.74, 6) is -1.53. The molecule has 1 saturated carbocycles. The first kappa shape index (κ1) is 13.7. The molecule has 1 aromatic heterocycles. The first-order valence-electron chi connectivity index (χ1n) is 6.09. The summed E-state index contributed by atoms with van der Waals surface area (Å²) in [4.78, 5) is 22.8. The molecule has 1 amide bonds. The molecule has 2 rings (SSSR count). The van der Waals surface area contributed by atoms with Crippen LogP contribution in [-0.2, 0) is 4.79 Å². The Labute approximate surface area is 115 Å². The van der Waals surface area contributed by atoms with Gasteiger partial charge in [-0.2, -0.15) is 0 Å². The minimum absolute atomic E-state index is 0.125. The second kappa shape index (κ2) is 5.97. The molecule has 6 nitrogen and oxygen atoms in total. The van der Waals surface area contributed by atoms with E-state index in [0.29, 0.717) is 12.8 Å². The molecule has 2 atom stereocenters. The van der Waals surface area contributed by atoms with Crippen LogP contribution in [-0.4, -0.2) is 33.2 Å². The Morgan fingerprint density at radius 2 is 2.11 bits per heavy atom. The minimum Gasteiger partial charge on any atom is -0.481 e. The second-order valence-corrected chi connectivity index (χ2v) is 5.00. The third-order valence-corrected chi connectivity index (χ3v) is 3.42. The number of aliphatic carboxylic acids is 1. The average Bonchev–Trinajstić information content (AvgIpc) is 2.39. The van der Waals surface area contributed by atoms with Crippen molar-refractivity contribution in [2.75, 3.05) is 0 Å². The zero-order valence-corrected chi connectivity index (χ0v) is 10.9. The summed E-state index contributed by atoms with van der Waals surface area (Å²) in [7, 11) is 0. The van der Waals surface area contributed by atoms with Gasteiger partial charge in [0, 0.05) is 6.04 Å². The number of nitrogens with zero attached hydrogens (tertiary/aromatic N) is 2. The van der Waals surface area contributed by atoms with Crippen LogP contribution in [0.5, 0.6) is 0 Å². The van der Waals surface area contributed by atoms with E-state index >= 15 is 0 Å². The van der Waals surface area contributed by atoms with Gasteiger partial charge in [-0.05, 0) is 31.4 Å². The Morgan fingerprint density at radius 1 is 1.32 bits per heavy atom. The molecular weight excluding hydrogens is 270 g/mol. The molecule has 1 aliphatic carbocycles. The van der Waals surface area contributed by atoms with Gasteiger partial charge >= 0.3 is 5.97 Å². The molecular formula is C12H14ClN3O3. The molecule has 0 bridgehead atoms. The number of aromatic nitrogens is 2. The largest absolute Gasteiger partial charge is 0.481 e. The zero-order chi connectivity index (χ0) is 13.8. The number of hydrogen-bond acceptors (Lipinski definition) is 4. The number of nitrogens with one attached hydrogen (secondary N) is 1. The van der Waals surface area contributed by atoms with Gasteiger partial charge in [0.05, 0.1) is 5.92 Å². The van der Waals surface area contributed by atoms with Gasteiger partial charge in [-0.1, -0.05) is 18.0 Å². The molecule has 0 aliphatic heterocycles. The summed E-state index contributed by atoms with van der Waals surface area (Å²) in [6.07, 6.45) is 2.72. The van der Waals surface area contributed by atoms with Crippen molar-refractivity contribution in [2.24, 2.45) is 5.92 Å². The van der Waals surface area contributed by atoms with Crippen LogP contribution in [0.3, 0.4) is 0 Å². The van der Waals surface area contributed by atoms with E-state index in [1.807, 2.05) is 0 Å². The maximum Gasteiger partial charge on any atom is 0.306 e. The molecule has 0 aromatic carbocycles. The van der Waals surface area contributed by atoms with Gasteiger partial charge < -0.3 is 10.4 Å². The predicted molar refractivity (Wildman–Crippen MR) is 67.9 cm³/mol. The standard InChI is InChI=1S/C12H14ClN3O3/c13-10-5-4-9(15-16-10)11(17)14-8-3-1-2-7(6-8)12(18)19/h4-5,7-8H,1-3,6H2,(H,14,17)(H,18,19). The quantitative estimate of drug-likeness (QED) is 0.877. The summed E-state index contributed by atoms with van der Waals surface area (Å²) in [6.45, 7) is 0. The van der Waals surface area contributed by atoms with Gasteiger partial charge in [-0.15, -0.1) is 10.2 Å². The molecule has 2 N–H and O–H groups in total. The van der Waals surface area contributed by atoms with Gasteiger partial charge in [-0.25, -0.2) is 0 Å². The Kier molecular flexibility index (Phi) is 4.31. The lowest BCUT2D eigenvalue weighted by Gasteiger charge is -2.27. The van der Waals surface area contributed by atoms with E-state index in [0.717, 1.165) is 12.8 Å². The van der Waals surface area contributed by atoms with Gasteiger partial charge in [0.25, 0.3) is 5.91 Å². The van der Waals surface area contributed by atoms with Crippen LogP contribution in [0.2, 0.25) is 5.15 Å². The lowest BCUT2D eigenvalue weighted by Crippen LogP contribution is -2.40. The molecule has 0 radical (unpaired) electrons. The number of carbonyl (C=O) groups is 2. The Hall–Kier alpha value is -1.69. The van der Waals surface area contributed by atoms with Gasteiger partial charge in [0.2, 0.25) is 0 Å². The van der Waals surface area contributed by atoms with Gasteiger partial charge in [0.15, 0.2) is 10.8 Å². The van der Waals surface area contributed by atoms with Crippen molar-refractivity contribution in [3.63, 3.8) is 0 Å². The average molecular weight is 284 g/mol. The molecule has 7 heteroatoms. The number of carboxylic acid groups (broad SMARTS) is 1. The second-order valence-electron chi connectivity index (χ2n) is 4.61. The van der Waals surface area contributed by atoms with Crippen LogP contribution in [0.15, 0.2) is 12.1 Å². The number of rotatable bonds is 3. The third kappa shape index (κ3) is 3.64. The Balaban J connectivity index is 1.95. The highest BCUT2D eigenvalue weighted by Gasteiger charge is 2.28. The van der Waals surface area contributed by atoms with Crippen LogP contribution < -0.4 is 5.32 Å². The van der Waals surface area contributed by atoms with Crippen LogP contribution >= 0.6 is 11.6 Å². The normalized spacial score (nSPS) is 22.8. The number of amides is 1. The van der Waals surface area contributed by atoms with Crippen molar-refractivity contribution < 1.29 is 14.7 Å². The summed E-state index contributed by atoms with van der Waals surface area (Å²) in [6, 6.07) is 2.85. The molecule has 0 spiro atoms. The zero-order valence-electron chi connectivity index (χ0n) is 10.2. The van der Waals surface area contributed by atoms with Gasteiger partial charge in [-0.3, -0.25) is 9.59 Å². The Morgan fingerprint density at radius 3 is 2.74 bits per heavy atom. The van der Waals surface area contributed by atoms with E-state index in [2.05, 4.69) is 15.5 Å². The maximum absolute atomic E-state index is 11.9. The third-order valence-electron chi connectivity index (χ3n) is 3.22. The monoisotopic (exact) mass is 283 g/mol. The highest BCUT2D eigenvalue weighted by Crippen LogP contribution is 2.24. The number of halogens is 1. The molecule has 19 heavy (non-hydrogen) atoms. The van der Waals surface area contributed by atoms with Crippen molar-refractivity contribution in [2.45, 2.75) is 31.7 Å². The van der Waals surface area contributed by atoms with Gasteiger partial charge in [0.1, 0.15) is 0 Å². The van der Waals surface area contributed by atoms with Crippen molar-refractivity contribution in [1.82, 2.24) is 15.5 Å². The van der Waals surface area contributed by atoms with Crippen LogP contribution in [0.4, 0.5) is 0 Å². The lowest BCUT2D eigenvalue weighted by molar-refractivity contribution is -0.143. The first-order valence-corrected chi connectivity index (χ1v) is 6.47. The number of carbonyl (C=O) groups excluding carboxylic acids is 1. The number of hydrogen-bond donors (Lipinski definition) is 2. The highest BCUT2D eigenvalue weighted by atomic mass is 35.5. The smallest absolute Gasteiger partial charge is 0.306 e. The maximum atomic E-state index is 11.9. The predicted octanol–water partition coefficient (Wildman–Crippen LogP) is 1.50. The lowest BCUT2D eigenvalue weighted by atomic mass is 9.86. The molecule has 1 fully saturated rings. The summed E-state index contributed by atoms with van der Waals surface area (Å²) < 4.78 is 0. The summed E-state index contributed by atoms with van der Waals surface area (Å²) >= 11 is 5.59. The van der Waals surface area contributed by atoms with E-state index in [-0.39, 0.29) is 28.7 Å². The van der Waals surface area contributed by atoms with E-state index in [9.17, 15) is 9.59 Å². The fourth-order valence-electron chi connectivity index (χ4n) is 2.24. The van der Waals surface area contributed by atoms with Crippen molar-refractivity contribution in [3.05, 3.63) is 23.0 Å². The van der Waals surface area contributed by atoms with E-state index in [4.69, 9.17) is 16.7 Å². The van der Waals surface area contributed by atoms with E-state index < -0.39 is 5.97 Å². The molecule has 102 valence electrons. The minimum atomic E-state index is -0.801. The molecule has 2 unspecified atom stereocenters.